The summed E-state index contributed by atoms with van der Waals surface area (Å²) in [4.78, 5) is 33.6. The van der Waals surface area contributed by atoms with Crippen LogP contribution >= 0.6 is 7.82 Å². The molecule has 58 heavy (non-hydrogen) atoms. The molecule has 0 aliphatic carbocycles. The van der Waals surface area contributed by atoms with Crippen molar-refractivity contribution in [3.8, 4) is 0 Å². The second-order valence-corrected chi connectivity index (χ2v) is 17.7. The fourth-order valence-corrected chi connectivity index (χ4v) is 7.49. The summed E-state index contributed by atoms with van der Waals surface area (Å²) in [5.41, 5.74) is 5.36. The van der Waals surface area contributed by atoms with Gasteiger partial charge in [0.25, 0.3) is 0 Å². The Morgan fingerprint density at radius 3 is 1.31 bits per heavy atom. The molecule has 4 N–H and O–H groups in total. The number of phosphoric ester groups is 1. The molecule has 0 fully saturated rings. The Labute approximate surface area is 355 Å². The van der Waals surface area contributed by atoms with E-state index in [2.05, 4.69) is 38.2 Å². The lowest BCUT2D eigenvalue weighted by molar-refractivity contribution is -0.154. The van der Waals surface area contributed by atoms with Gasteiger partial charge in [0, 0.05) is 13.0 Å². The molecule has 3 atom stereocenters. The summed E-state index contributed by atoms with van der Waals surface area (Å²) in [5, 5.41) is 8.91. The number of carbonyl (C=O) groups is 2. The van der Waals surface area contributed by atoms with Crippen molar-refractivity contribution in [2.75, 3.05) is 26.4 Å². The quantitative estimate of drug-likeness (QED) is 0.0233. The molecule has 0 bridgehead atoms. The zero-order valence-electron chi connectivity index (χ0n) is 37.4. The summed E-state index contributed by atoms with van der Waals surface area (Å²) >= 11 is 0. The Kier molecular flexibility index (Phi) is 42.4. The first kappa shape index (κ1) is 56.5. The third-order valence-corrected chi connectivity index (χ3v) is 11.4. The van der Waals surface area contributed by atoms with Crippen LogP contribution in [0.3, 0.4) is 0 Å². The molecular formula is C47H90NO9P. The Bertz CT molecular complexity index is 1020. The molecule has 3 unspecified atom stereocenters. The monoisotopic (exact) mass is 844 g/mol. The van der Waals surface area contributed by atoms with Crippen molar-refractivity contribution in [2.24, 2.45) is 5.73 Å². The average molecular weight is 844 g/mol. The van der Waals surface area contributed by atoms with Crippen molar-refractivity contribution in [3.63, 3.8) is 0 Å². The number of aliphatic carboxylic acids is 1. The van der Waals surface area contributed by atoms with E-state index in [1.165, 1.54) is 154 Å². The van der Waals surface area contributed by atoms with Crippen molar-refractivity contribution in [2.45, 2.75) is 238 Å². The van der Waals surface area contributed by atoms with E-state index in [-0.39, 0.29) is 13.0 Å². The van der Waals surface area contributed by atoms with Crippen molar-refractivity contribution < 1.29 is 42.7 Å². The smallest absolute Gasteiger partial charge is 0.472 e. The van der Waals surface area contributed by atoms with Crippen LogP contribution in [-0.2, 0) is 32.7 Å². The highest BCUT2D eigenvalue weighted by Gasteiger charge is 2.27. The van der Waals surface area contributed by atoms with Crippen molar-refractivity contribution in [3.05, 3.63) is 24.3 Å². The third kappa shape index (κ3) is 42.6. The van der Waals surface area contributed by atoms with Crippen LogP contribution in [0.1, 0.15) is 226 Å². The van der Waals surface area contributed by atoms with Crippen LogP contribution in [0, 0.1) is 0 Å². The molecular weight excluding hydrogens is 753 g/mol. The van der Waals surface area contributed by atoms with Crippen molar-refractivity contribution >= 4 is 19.8 Å². The van der Waals surface area contributed by atoms with Crippen LogP contribution < -0.4 is 5.73 Å². The van der Waals surface area contributed by atoms with Gasteiger partial charge in [0.05, 0.1) is 19.8 Å². The van der Waals surface area contributed by atoms with Gasteiger partial charge in [0.1, 0.15) is 12.1 Å². The average Bonchev–Trinajstić information content (AvgIpc) is 3.20. The van der Waals surface area contributed by atoms with Crippen LogP contribution in [0.5, 0.6) is 0 Å². The lowest BCUT2D eigenvalue weighted by Gasteiger charge is -2.20. The van der Waals surface area contributed by atoms with Gasteiger partial charge in [-0.3, -0.25) is 18.6 Å². The summed E-state index contributed by atoms with van der Waals surface area (Å²) in [5.74, 6) is -1.78. The number of esters is 1. The van der Waals surface area contributed by atoms with Crippen LogP contribution in [0.4, 0.5) is 0 Å². The summed E-state index contributed by atoms with van der Waals surface area (Å²) in [7, 11) is -4.62. The van der Waals surface area contributed by atoms with Gasteiger partial charge in [-0.25, -0.2) is 4.57 Å². The first-order chi connectivity index (χ1) is 28.2. The molecule has 0 aromatic heterocycles. The minimum Gasteiger partial charge on any atom is -0.480 e. The van der Waals surface area contributed by atoms with E-state index in [0.29, 0.717) is 13.0 Å². The lowest BCUT2D eigenvalue weighted by Crippen LogP contribution is -2.34. The number of carbonyl (C=O) groups excluding carboxylic acids is 1. The second kappa shape index (κ2) is 43.5. The lowest BCUT2D eigenvalue weighted by atomic mass is 10.1. The summed E-state index contributed by atoms with van der Waals surface area (Å²) in [6, 6.07) is -1.47. The number of nitrogens with two attached hydrogens (primary N) is 1. The van der Waals surface area contributed by atoms with Crippen LogP contribution in [0.15, 0.2) is 24.3 Å². The maximum Gasteiger partial charge on any atom is 0.472 e. The van der Waals surface area contributed by atoms with Gasteiger partial charge in [-0.05, 0) is 64.2 Å². The number of carboxylic acid groups (broad SMARTS) is 1. The largest absolute Gasteiger partial charge is 0.480 e. The fraction of sp³-hybridized carbons (Fsp3) is 0.872. The molecule has 10 nitrogen and oxygen atoms in total. The Hall–Kier alpha value is -1.55. The Balaban J connectivity index is 4.18. The van der Waals surface area contributed by atoms with E-state index in [4.69, 9.17) is 29.4 Å². The number of ether oxygens (including phenoxy) is 2. The molecule has 0 aliphatic rings. The number of hydrogen-bond acceptors (Lipinski definition) is 8. The number of unbranched alkanes of at least 4 members (excludes halogenated alkanes) is 28. The normalized spacial score (nSPS) is 14.0. The van der Waals surface area contributed by atoms with Gasteiger partial charge < -0.3 is 25.2 Å². The Morgan fingerprint density at radius 1 is 0.534 bits per heavy atom. The molecule has 342 valence electrons. The van der Waals surface area contributed by atoms with E-state index < -0.39 is 45.1 Å². The van der Waals surface area contributed by atoms with Crippen LogP contribution in [-0.4, -0.2) is 60.5 Å². The second-order valence-electron chi connectivity index (χ2n) is 16.2. The van der Waals surface area contributed by atoms with Gasteiger partial charge in [-0.1, -0.05) is 179 Å². The zero-order valence-corrected chi connectivity index (χ0v) is 38.3. The van der Waals surface area contributed by atoms with Crippen LogP contribution in [0.2, 0.25) is 0 Å². The zero-order chi connectivity index (χ0) is 42.6. The molecule has 0 saturated heterocycles. The predicted molar refractivity (Wildman–Crippen MR) is 240 cm³/mol. The highest BCUT2D eigenvalue weighted by Crippen LogP contribution is 2.43. The molecule has 0 aliphatic heterocycles. The van der Waals surface area contributed by atoms with Crippen LogP contribution in [0.25, 0.3) is 0 Å². The summed E-state index contributed by atoms with van der Waals surface area (Å²) < 4.78 is 33.4. The van der Waals surface area contributed by atoms with E-state index >= 15 is 0 Å². The van der Waals surface area contributed by atoms with Crippen molar-refractivity contribution in [1.82, 2.24) is 0 Å². The number of allylic oxidation sites excluding steroid dienone is 4. The van der Waals surface area contributed by atoms with E-state index in [9.17, 15) is 19.0 Å². The number of rotatable bonds is 46. The van der Waals surface area contributed by atoms with Gasteiger partial charge in [-0.2, -0.15) is 0 Å². The molecule has 0 spiro atoms. The molecule has 0 radical (unpaired) electrons. The molecule has 0 amide bonds. The van der Waals surface area contributed by atoms with Gasteiger partial charge >= 0.3 is 19.8 Å². The SMILES string of the molecule is CCCCCCCC/C=C\CCCCCCCCCCCC(=O)OC(COCCCCCCCC/C=C\CCCCCCCCC)COP(=O)(O)OCC(N)C(=O)O. The van der Waals surface area contributed by atoms with Crippen molar-refractivity contribution in [1.29, 1.82) is 0 Å². The van der Waals surface area contributed by atoms with E-state index in [0.717, 1.165) is 44.9 Å². The fourth-order valence-electron chi connectivity index (χ4n) is 6.71. The molecule has 0 heterocycles. The molecule has 0 aromatic rings. The minimum absolute atomic E-state index is 0.0149. The predicted octanol–water partition coefficient (Wildman–Crippen LogP) is 13.5. The number of hydrogen-bond donors (Lipinski definition) is 3. The molecule has 0 aromatic carbocycles. The van der Waals surface area contributed by atoms with E-state index in [1.54, 1.807) is 0 Å². The number of phosphoric acid groups is 1. The summed E-state index contributed by atoms with van der Waals surface area (Å²) in [6.45, 7) is 3.89. The molecule has 0 saturated carbocycles. The maximum absolute atomic E-state index is 12.7. The maximum atomic E-state index is 12.7. The first-order valence-corrected chi connectivity index (χ1v) is 25.4. The molecule has 0 rings (SSSR count). The Morgan fingerprint density at radius 2 is 0.897 bits per heavy atom. The highest BCUT2D eigenvalue weighted by molar-refractivity contribution is 7.47. The third-order valence-electron chi connectivity index (χ3n) is 10.5. The van der Waals surface area contributed by atoms with Gasteiger partial charge in [0.15, 0.2) is 0 Å². The standard InChI is InChI=1S/C47H90NO9P/c1-3-5-7-9-11-13-15-17-19-21-22-23-25-27-29-31-33-35-37-39-46(49)57-44(42-55-58(52,53)56-43-45(48)47(50)51)41-54-40-38-36-34-32-30-28-26-24-20-18-16-14-12-10-8-6-4-2/h17,19-20,24,44-45H,3-16,18,21-23,25-43,48H2,1-2H3,(H,50,51)(H,52,53)/b19-17-,24-20-. The van der Waals surface area contributed by atoms with Gasteiger partial charge in [0.2, 0.25) is 0 Å². The highest BCUT2D eigenvalue weighted by atomic mass is 31.2. The van der Waals surface area contributed by atoms with E-state index in [1.807, 2.05) is 0 Å². The van der Waals surface area contributed by atoms with Gasteiger partial charge in [-0.15, -0.1) is 0 Å². The minimum atomic E-state index is -4.62. The number of carboxylic acids is 1. The molecule has 11 heteroatoms. The first-order valence-electron chi connectivity index (χ1n) is 23.9. The summed E-state index contributed by atoms with van der Waals surface area (Å²) in [6.07, 6.45) is 48.0. The topological polar surface area (TPSA) is 155 Å².